The van der Waals surface area contributed by atoms with Gasteiger partial charge in [0.25, 0.3) is 0 Å². The van der Waals surface area contributed by atoms with Gasteiger partial charge in [-0.25, -0.2) is 0 Å². The van der Waals surface area contributed by atoms with Crippen LogP contribution in [0.2, 0.25) is 19.1 Å². The van der Waals surface area contributed by atoms with Gasteiger partial charge in [0.2, 0.25) is 0 Å². The highest BCUT2D eigenvalue weighted by molar-refractivity contribution is 6.71. The van der Waals surface area contributed by atoms with Gasteiger partial charge in [0, 0.05) is 6.61 Å². The van der Waals surface area contributed by atoms with Crippen LogP contribution in [-0.4, -0.2) is 21.5 Å². The Kier molecular flexibility index (Phi) is 11.3. The quantitative estimate of drug-likeness (QED) is 0.419. The first-order chi connectivity index (χ1) is 8.12. The Balaban J connectivity index is 3.18. The summed E-state index contributed by atoms with van der Waals surface area (Å²) >= 11 is 0. The standard InChI is InChI=1S/C14H33NOSi/c1-4-16-17(2,3)14-12-10-8-6-5-7-9-11-13-15/h4-15H2,1-3H3. The molecule has 0 radical (unpaired) electrons. The molecular weight excluding hydrogens is 226 g/mol. The minimum atomic E-state index is -1.30. The minimum Gasteiger partial charge on any atom is -0.418 e. The van der Waals surface area contributed by atoms with E-state index in [9.17, 15) is 0 Å². The Morgan fingerprint density at radius 3 is 1.76 bits per heavy atom. The molecular formula is C14H33NOSi. The van der Waals surface area contributed by atoms with Crippen LogP contribution in [0.5, 0.6) is 0 Å². The zero-order valence-corrected chi connectivity index (χ0v) is 13.3. The summed E-state index contributed by atoms with van der Waals surface area (Å²) in [5.41, 5.74) is 5.47. The summed E-state index contributed by atoms with van der Waals surface area (Å²) in [6.07, 6.45) is 10.8. The molecule has 0 aliphatic rings. The maximum atomic E-state index is 5.83. The second kappa shape index (κ2) is 11.2. The fourth-order valence-corrected chi connectivity index (χ4v) is 4.25. The minimum absolute atomic E-state index is 0.858. The van der Waals surface area contributed by atoms with Gasteiger partial charge in [-0.2, -0.15) is 0 Å². The fourth-order valence-electron chi connectivity index (χ4n) is 2.22. The molecule has 0 heterocycles. The van der Waals surface area contributed by atoms with E-state index in [0.717, 1.165) is 13.2 Å². The Hall–Kier alpha value is 0.137. The summed E-state index contributed by atoms with van der Waals surface area (Å²) in [5.74, 6) is 0. The first-order valence-electron chi connectivity index (χ1n) is 7.46. The van der Waals surface area contributed by atoms with Gasteiger partial charge < -0.3 is 10.2 Å². The zero-order chi connectivity index (χ0) is 13.0. The Labute approximate surface area is 109 Å². The fraction of sp³-hybridized carbons (Fsp3) is 1.00. The molecule has 104 valence electrons. The Bertz CT molecular complexity index is 162. The lowest BCUT2D eigenvalue weighted by atomic mass is 10.1. The molecule has 0 aromatic rings. The van der Waals surface area contributed by atoms with Gasteiger partial charge in [-0.15, -0.1) is 0 Å². The molecule has 0 fully saturated rings. The van der Waals surface area contributed by atoms with Crippen molar-refractivity contribution in [2.24, 2.45) is 5.73 Å². The number of unbranched alkanes of at least 4 members (excludes halogenated alkanes) is 7. The summed E-state index contributed by atoms with van der Waals surface area (Å²) in [6, 6.07) is 1.33. The number of rotatable bonds is 12. The molecule has 2 nitrogen and oxygen atoms in total. The van der Waals surface area contributed by atoms with Crippen LogP contribution in [0, 0.1) is 0 Å². The lowest BCUT2D eigenvalue weighted by Gasteiger charge is -2.21. The summed E-state index contributed by atoms with van der Waals surface area (Å²) in [7, 11) is -1.30. The molecule has 0 amide bonds. The summed E-state index contributed by atoms with van der Waals surface area (Å²) in [6.45, 7) is 8.53. The van der Waals surface area contributed by atoms with E-state index < -0.39 is 8.32 Å². The van der Waals surface area contributed by atoms with Gasteiger partial charge in [0.15, 0.2) is 8.32 Å². The van der Waals surface area contributed by atoms with E-state index in [0.29, 0.717) is 0 Å². The Morgan fingerprint density at radius 2 is 1.29 bits per heavy atom. The third-order valence-electron chi connectivity index (χ3n) is 3.27. The summed E-state index contributed by atoms with van der Waals surface area (Å²) in [5, 5.41) is 0. The van der Waals surface area contributed by atoms with E-state index in [1.54, 1.807) is 0 Å². The molecule has 0 aliphatic heterocycles. The maximum absolute atomic E-state index is 5.83. The molecule has 3 heteroatoms. The predicted molar refractivity (Wildman–Crippen MR) is 79.9 cm³/mol. The van der Waals surface area contributed by atoms with Crippen molar-refractivity contribution in [3.63, 3.8) is 0 Å². The maximum Gasteiger partial charge on any atom is 0.186 e. The van der Waals surface area contributed by atoms with Gasteiger partial charge in [0.1, 0.15) is 0 Å². The van der Waals surface area contributed by atoms with E-state index in [4.69, 9.17) is 10.2 Å². The van der Waals surface area contributed by atoms with E-state index in [1.165, 1.54) is 57.4 Å². The van der Waals surface area contributed by atoms with Crippen molar-refractivity contribution in [2.45, 2.75) is 77.4 Å². The van der Waals surface area contributed by atoms with Crippen LogP contribution in [0.3, 0.4) is 0 Å². The molecule has 0 aliphatic carbocycles. The molecule has 0 bridgehead atoms. The topological polar surface area (TPSA) is 35.2 Å². The van der Waals surface area contributed by atoms with Crippen LogP contribution in [0.1, 0.15) is 58.3 Å². The molecule has 0 spiro atoms. The van der Waals surface area contributed by atoms with Crippen molar-refractivity contribution in [2.75, 3.05) is 13.2 Å². The molecule has 0 saturated heterocycles. The lowest BCUT2D eigenvalue weighted by Crippen LogP contribution is -2.29. The van der Waals surface area contributed by atoms with Crippen molar-refractivity contribution < 1.29 is 4.43 Å². The second-order valence-electron chi connectivity index (χ2n) is 5.56. The normalized spacial score (nSPS) is 12.0. The lowest BCUT2D eigenvalue weighted by molar-refractivity contribution is 0.327. The van der Waals surface area contributed by atoms with Gasteiger partial charge in [0.05, 0.1) is 0 Å². The van der Waals surface area contributed by atoms with Crippen LogP contribution in [0.25, 0.3) is 0 Å². The van der Waals surface area contributed by atoms with Gasteiger partial charge >= 0.3 is 0 Å². The van der Waals surface area contributed by atoms with Crippen molar-refractivity contribution in [3.8, 4) is 0 Å². The molecule has 2 N–H and O–H groups in total. The van der Waals surface area contributed by atoms with Crippen molar-refractivity contribution in [1.82, 2.24) is 0 Å². The zero-order valence-electron chi connectivity index (χ0n) is 12.3. The van der Waals surface area contributed by atoms with Crippen LogP contribution in [0.4, 0.5) is 0 Å². The van der Waals surface area contributed by atoms with E-state index >= 15 is 0 Å². The van der Waals surface area contributed by atoms with Crippen LogP contribution < -0.4 is 5.73 Å². The van der Waals surface area contributed by atoms with Crippen molar-refractivity contribution >= 4 is 8.32 Å². The monoisotopic (exact) mass is 259 g/mol. The van der Waals surface area contributed by atoms with Crippen LogP contribution >= 0.6 is 0 Å². The summed E-state index contributed by atoms with van der Waals surface area (Å²) < 4.78 is 5.83. The van der Waals surface area contributed by atoms with Crippen molar-refractivity contribution in [1.29, 1.82) is 0 Å². The number of hydrogen-bond donors (Lipinski definition) is 1. The molecule has 17 heavy (non-hydrogen) atoms. The molecule has 0 atom stereocenters. The average Bonchev–Trinajstić information content (AvgIpc) is 2.27. The second-order valence-corrected chi connectivity index (χ2v) is 9.87. The number of hydrogen-bond acceptors (Lipinski definition) is 2. The molecule has 0 aromatic heterocycles. The predicted octanol–water partition coefficient (Wildman–Crippen LogP) is 4.31. The molecule has 0 saturated carbocycles. The molecule has 0 rings (SSSR count). The molecule has 0 aromatic carbocycles. The highest BCUT2D eigenvalue weighted by Crippen LogP contribution is 2.17. The number of nitrogens with two attached hydrogens (primary N) is 1. The smallest absolute Gasteiger partial charge is 0.186 e. The van der Waals surface area contributed by atoms with E-state index in [-0.39, 0.29) is 0 Å². The van der Waals surface area contributed by atoms with E-state index in [2.05, 4.69) is 20.0 Å². The van der Waals surface area contributed by atoms with Gasteiger partial charge in [-0.05, 0) is 39.0 Å². The molecule has 0 unspecified atom stereocenters. The summed E-state index contributed by atoms with van der Waals surface area (Å²) in [4.78, 5) is 0. The van der Waals surface area contributed by atoms with Crippen molar-refractivity contribution in [3.05, 3.63) is 0 Å². The first-order valence-corrected chi connectivity index (χ1v) is 10.6. The average molecular weight is 260 g/mol. The third-order valence-corrected chi connectivity index (χ3v) is 5.90. The van der Waals surface area contributed by atoms with E-state index in [1.807, 2.05) is 0 Å². The SMILES string of the molecule is CCO[Si](C)(C)CCCCCCCCCCN. The van der Waals surface area contributed by atoms with Gasteiger partial charge in [-0.3, -0.25) is 0 Å². The first kappa shape index (κ1) is 17.1. The van der Waals surface area contributed by atoms with Crippen LogP contribution in [-0.2, 0) is 4.43 Å². The largest absolute Gasteiger partial charge is 0.418 e. The third kappa shape index (κ3) is 12.4. The van der Waals surface area contributed by atoms with Crippen LogP contribution in [0.15, 0.2) is 0 Å². The highest BCUT2D eigenvalue weighted by atomic mass is 28.4. The van der Waals surface area contributed by atoms with Gasteiger partial charge in [-0.1, -0.05) is 44.9 Å². The Morgan fingerprint density at radius 1 is 0.824 bits per heavy atom. The highest BCUT2D eigenvalue weighted by Gasteiger charge is 2.20.